The number of rotatable bonds is 4. The van der Waals surface area contributed by atoms with E-state index in [1.165, 1.54) is 4.57 Å². The van der Waals surface area contributed by atoms with Crippen molar-refractivity contribution in [3.8, 4) is 5.69 Å². The van der Waals surface area contributed by atoms with E-state index in [0.717, 1.165) is 39.2 Å². The smallest absolute Gasteiger partial charge is 0.322 e. The fourth-order valence-corrected chi connectivity index (χ4v) is 4.30. The molecule has 1 N–H and O–H groups in total. The van der Waals surface area contributed by atoms with Gasteiger partial charge in [-0.1, -0.05) is 6.07 Å². The summed E-state index contributed by atoms with van der Waals surface area (Å²) in [5, 5.41) is 4.00. The molecular formula is C22H17F2N3O3S. The van der Waals surface area contributed by atoms with Crippen molar-refractivity contribution in [3.63, 3.8) is 0 Å². The summed E-state index contributed by atoms with van der Waals surface area (Å²) in [5.74, 6) is -2.39. The molecule has 0 saturated heterocycles. The van der Waals surface area contributed by atoms with Gasteiger partial charge in [0.05, 0.1) is 16.9 Å². The molecule has 0 saturated carbocycles. The molecule has 2 aromatic carbocycles. The van der Waals surface area contributed by atoms with Crippen molar-refractivity contribution in [2.75, 3.05) is 5.32 Å². The maximum Gasteiger partial charge on any atom is 0.336 e. The van der Waals surface area contributed by atoms with Crippen LogP contribution in [0.25, 0.3) is 15.9 Å². The quantitative estimate of drug-likeness (QED) is 0.524. The zero-order chi connectivity index (χ0) is 22.3. The third-order valence-corrected chi connectivity index (χ3v) is 5.62. The molecule has 31 heavy (non-hydrogen) atoms. The summed E-state index contributed by atoms with van der Waals surface area (Å²) in [6.07, 6.45) is 0. The van der Waals surface area contributed by atoms with E-state index in [-0.39, 0.29) is 5.69 Å². The normalized spacial score (nSPS) is 11.1. The van der Waals surface area contributed by atoms with Crippen molar-refractivity contribution in [3.05, 3.63) is 91.4 Å². The molecule has 0 radical (unpaired) electrons. The monoisotopic (exact) mass is 441 g/mol. The predicted molar refractivity (Wildman–Crippen MR) is 116 cm³/mol. The number of hydrogen-bond donors (Lipinski definition) is 1. The molecule has 4 rings (SSSR count). The van der Waals surface area contributed by atoms with Crippen molar-refractivity contribution in [1.29, 1.82) is 0 Å². The predicted octanol–water partition coefficient (Wildman–Crippen LogP) is 3.75. The van der Waals surface area contributed by atoms with Crippen molar-refractivity contribution >= 4 is 33.1 Å². The lowest BCUT2D eigenvalue weighted by molar-refractivity contribution is -0.116. The zero-order valence-corrected chi connectivity index (χ0v) is 17.4. The van der Waals surface area contributed by atoms with Crippen LogP contribution >= 0.6 is 11.3 Å². The van der Waals surface area contributed by atoms with E-state index in [1.807, 2.05) is 19.9 Å². The standard InChI is InChI=1S/C22H17F2N3O3S/c1-12-7-13(2)9-15(8-12)27-21(29)20-18(5-6-31-20)26(22(27)30)11-19(28)25-17-4-3-14(23)10-16(17)24/h3-10H,11H2,1-2H3,(H,25,28). The second-order valence-corrected chi connectivity index (χ2v) is 8.08. The van der Waals surface area contributed by atoms with E-state index >= 15 is 0 Å². The van der Waals surface area contributed by atoms with Gasteiger partial charge in [-0.2, -0.15) is 0 Å². The van der Waals surface area contributed by atoms with Crippen LogP contribution in [0, 0.1) is 25.5 Å². The second-order valence-electron chi connectivity index (χ2n) is 7.16. The van der Waals surface area contributed by atoms with Crippen LogP contribution in [0.4, 0.5) is 14.5 Å². The maximum atomic E-state index is 13.9. The molecule has 0 aliphatic heterocycles. The minimum atomic E-state index is -0.929. The van der Waals surface area contributed by atoms with Crippen LogP contribution in [0.2, 0.25) is 0 Å². The average Bonchev–Trinajstić information content (AvgIpc) is 3.17. The van der Waals surface area contributed by atoms with Gasteiger partial charge in [0.15, 0.2) is 0 Å². The molecule has 4 aromatic rings. The van der Waals surface area contributed by atoms with Gasteiger partial charge in [0.25, 0.3) is 5.56 Å². The summed E-state index contributed by atoms with van der Waals surface area (Å²) in [4.78, 5) is 38.8. The van der Waals surface area contributed by atoms with Gasteiger partial charge in [0, 0.05) is 6.07 Å². The van der Waals surface area contributed by atoms with Gasteiger partial charge >= 0.3 is 5.69 Å². The first-order valence-electron chi connectivity index (χ1n) is 9.31. The third kappa shape index (κ3) is 3.91. The number of fused-ring (bicyclic) bond motifs is 1. The lowest BCUT2D eigenvalue weighted by Gasteiger charge is -2.13. The first-order valence-corrected chi connectivity index (χ1v) is 10.2. The number of carbonyl (C=O) groups is 1. The van der Waals surface area contributed by atoms with E-state index < -0.39 is 35.3 Å². The van der Waals surface area contributed by atoms with Crippen molar-refractivity contribution in [1.82, 2.24) is 9.13 Å². The molecule has 6 nitrogen and oxygen atoms in total. The number of halogens is 2. The Hall–Kier alpha value is -3.59. The number of anilines is 1. The van der Waals surface area contributed by atoms with Crippen LogP contribution in [0.15, 0.2) is 57.4 Å². The number of hydrogen-bond acceptors (Lipinski definition) is 4. The Kier molecular flexibility index (Phi) is 5.28. The molecule has 9 heteroatoms. The van der Waals surface area contributed by atoms with Gasteiger partial charge in [-0.15, -0.1) is 11.3 Å². The van der Waals surface area contributed by atoms with Crippen LogP contribution in [0.5, 0.6) is 0 Å². The molecule has 0 unspecified atom stereocenters. The summed E-state index contributed by atoms with van der Waals surface area (Å²) >= 11 is 1.16. The lowest BCUT2D eigenvalue weighted by Crippen LogP contribution is -2.40. The first kappa shape index (κ1) is 20.7. The molecule has 0 spiro atoms. The minimum absolute atomic E-state index is 0.205. The van der Waals surface area contributed by atoms with Gasteiger partial charge in [0.2, 0.25) is 5.91 Å². The Labute approximate surface area is 179 Å². The highest BCUT2D eigenvalue weighted by Crippen LogP contribution is 2.19. The van der Waals surface area contributed by atoms with E-state index in [0.29, 0.717) is 22.0 Å². The largest absolute Gasteiger partial charge is 0.336 e. The Morgan fingerprint density at radius 2 is 1.74 bits per heavy atom. The van der Waals surface area contributed by atoms with Crippen LogP contribution in [0.1, 0.15) is 11.1 Å². The summed E-state index contributed by atoms with van der Waals surface area (Å²) in [5.41, 5.74) is 1.12. The summed E-state index contributed by atoms with van der Waals surface area (Å²) in [6.45, 7) is 3.26. The number of carbonyl (C=O) groups excluding carboxylic acids is 1. The minimum Gasteiger partial charge on any atom is -0.322 e. The molecule has 0 aliphatic carbocycles. The van der Waals surface area contributed by atoms with E-state index in [9.17, 15) is 23.2 Å². The second kappa shape index (κ2) is 7.92. The highest BCUT2D eigenvalue weighted by atomic mass is 32.1. The maximum absolute atomic E-state index is 13.9. The van der Waals surface area contributed by atoms with Crippen molar-refractivity contribution < 1.29 is 13.6 Å². The molecule has 0 atom stereocenters. The number of benzene rings is 2. The van der Waals surface area contributed by atoms with E-state index in [4.69, 9.17) is 0 Å². The molecule has 0 bridgehead atoms. The number of nitrogens with one attached hydrogen (secondary N) is 1. The molecule has 1 amide bonds. The number of amides is 1. The highest BCUT2D eigenvalue weighted by molar-refractivity contribution is 7.17. The van der Waals surface area contributed by atoms with Crippen molar-refractivity contribution in [2.45, 2.75) is 20.4 Å². The first-order chi connectivity index (χ1) is 14.7. The highest BCUT2D eigenvalue weighted by Gasteiger charge is 2.18. The number of nitrogens with zero attached hydrogens (tertiary/aromatic N) is 2. The number of thiophene rings is 1. The molecule has 0 aliphatic rings. The fourth-order valence-electron chi connectivity index (χ4n) is 3.47. The van der Waals surface area contributed by atoms with Crippen LogP contribution in [0.3, 0.4) is 0 Å². The third-order valence-electron chi connectivity index (χ3n) is 4.73. The summed E-state index contributed by atoms with van der Waals surface area (Å²) < 4.78 is 29.5. The molecule has 2 aromatic heterocycles. The molecule has 0 fully saturated rings. The number of aromatic nitrogens is 2. The Balaban J connectivity index is 1.81. The van der Waals surface area contributed by atoms with Crippen LogP contribution in [-0.2, 0) is 11.3 Å². The van der Waals surface area contributed by atoms with E-state index in [2.05, 4.69) is 5.32 Å². The van der Waals surface area contributed by atoms with Crippen LogP contribution < -0.4 is 16.6 Å². The van der Waals surface area contributed by atoms with Gasteiger partial charge in [-0.25, -0.2) is 18.1 Å². The van der Waals surface area contributed by atoms with Gasteiger partial charge in [-0.05, 0) is 60.7 Å². The SMILES string of the molecule is Cc1cc(C)cc(-n2c(=O)c3sccc3n(CC(=O)Nc3ccc(F)cc3F)c2=O)c1. The Bertz CT molecular complexity index is 1430. The Morgan fingerprint density at radius 1 is 1.03 bits per heavy atom. The topological polar surface area (TPSA) is 73.1 Å². The fraction of sp³-hybridized carbons (Fsp3) is 0.136. The van der Waals surface area contributed by atoms with Crippen molar-refractivity contribution in [2.24, 2.45) is 0 Å². The van der Waals surface area contributed by atoms with Crippen LogP contribution in [-0.4, -0.2) is 15.0 Å². The van der Waals surface area contributed by atoms with E-state index in [1.54, 1.807) is 23.6 Å². The summed E-state index contributed by atoms with van der Waals surface area (Å²) in [7, 11) is 0. The number of aryl methyl sites for hydroxylation is 2. The lowest BCUT2D eigenvalue weighted by atomic mass is 10.1. The molecular weight excluding hydrogens is 424 g/mol. The van der Waals surface area contributed by atoms with Gasteiger partial charge in [-0.3, -0.25) is 14.2 Å². The van der Waals surface area contributed by atoms with Gasteiger partial charge < -0.3 is 5.32 Å². The summed E-state index contributed by atoms with van der Waals surface area (Å²) in [6, 6.07) is 9.70. The Morgan fingerprint density at radius 3 is 2.42 bits per heavy atom. The zero-order valence-electron chi connectivity index (χ0n) is 16.6. The van der Waals surface area contributed by atoms with Gasteiger partial charge in [0.1, 0.15) is 22.9 Å². The molecule has 158 valence electrons. The average molecular weight is 441 g/mol. The molecule has 2 heterocycles.